The highest BCUT2D eigenvalue weighted by molar-refractivity contribution is 14.0. The normalized spacial score (nSPS) is 24.3. The molecule has 8 heteroatoms. The van der Waals surface area contributed by atoms with Crippen molar-refractivity contribution in [2.45, 2.75) is 38.3 Å². The van der Waals surface area contributed by atoms with Crippen LogP contribution in [0.3, 0.4) is 0 Å². The molecule has 24 heavy (non-hydrogen) atoms. The molecule has 0 radical (unpaired) electrons. The Kier molecular flexibility index (Phi) is 8.18. The summed E-state index contributed by atoms with van der Waals surface area (Å²) in [6, 6.07) is 0.658. The van der Waals surface area contributed by atoms with Crippen molar-refractivity contribution in [3.63, 3.8) is 0 Å². The lowest BCUT2D eigenvalue weighted by molar-refractivity contribution is -0.0453. The topological polar surface area (TPSA) is 61.8 Å². The van der Waals surface area contributed by atoms with Crippen molar-refractivity contribution in [3.05, 3.63) is 16.1 Å². The fourth-order valence-electron chi connectivity index (χ4n) is 3.25. The Morgan fingerprint density at radius 3 is 3.12 bits per heavy atom. The molecule has 0 aromatic carbocycles. The van der Waals surface area contributed by atoms with Gasteiger partial charge in [-0.15, -0.1) is 35.3 Å². The molecule has 1 aromatic heterocycles. The fraction of sp³-hybridized carbons (Fsp3) is 0.750. The minimum Gasteiger partial charge on any atom is -0.373 e. The Morgan fingerprint density at radius 1 is 1.50 bits per heavy atom. The fourth-order valence-corrected chi connectivity index (χ4v) is 4.03. The van der Waals surface area contributed by atoms with Crippen LogP contribution in [0.2, 0.25) is 0 Å². The van der Waals surface area contributed by atoms with Gasteiger partial charge in [0.05, 0.1) is 17.7 Å². The first kappa shape index (κ1) is 19.9. The van der Waals surface area contributed by atoms with Crippen LogP contribution in [0.1, 0.15) is 22.7 Å². The van der Waals surface area contributed by atoms with Gasteiger partial charge in [0, 0.05) is 50.2 Å². The smallest absolute Gasteiger partial charge is 0.191 e. The molecule has 2 fully saturated rings. The lowest BCUT2D eigenvalue weighted by Gasteiger charge is -2.35. The molecule has 3 rings (SSSR count). The summed E-state index contributed by atoms with van der Waals surface area (Å²) in [7, 11) is 1.81. The molecule has 0 amide bonds. The maximum absolute atomic E-state index is 5.97. The van der Waals surface area contributed by atoms with Crippen LogP contribution in [0.4, 0.5) is 0 Å². The van der Waals surface area contributed by atoms with Gasteiger partial charge < -0.3 is 15.4 Å². The van der Waals surface area contributed by atoms with E-state index in [0.717, 1.165) is 38.6 Å². The molecule has 0 bridgehead atoms. The SMILES string of the molecule is CN=C(NCCc1ncc(C)s1)NCC1CN2CCCC2CO1.I. The molecule has 2 N–H and O–H groups in total. The van der Waals surface area contributed by atoms with Crippen molar-refractivity contribution >= 4 is 41.3 Å². The number of aryl methyl sites for hydroxylation is 1. The predicted molar refractivity (Wildman–Crippen MR) is 110 cm³/mol. The minimum atomic E-state index is 0. The van der Waals surface area contributed by atoms with Crippen molar-refractivity contribution < 1.29 is 4.74 Å². The van der Waals surface area contributed by atoms with E-state index in [4.69, 9.17) is 4.74 Å². The molecule has 6 nitrogen and oxygen atoms in total. The summed E-state index contributed by atoms with van der Waals surface area (Å²) in [6.07, 6.45) is 5.71. The van der Waals surface area contributed by atoms with E-state index in [-0.39, 0.29) is 30.1 Å². The Balaban J connectivity index is 0.00000208. The van der Waals surface area contributed by atoms with Crippen LogP contribution in [0.25, 0.3) is 0 Å². The van der Waals surface area contributed by atoms with Crippen LogP contribution >= 0.6 is 35.3 Å². The summed E-state index contributed by atoms with van der Waals surface area (Å²) in [5.41, 5.74) is 0. The van der Waals surface area contributed by atoms with Crippen molar-refractivity contribution in [1.82, 2.24) is 20.5 Å². The first-order valence-electron chi connectivity index (χ1n) is 8.46. The number of rotatable bonds is 5. The average molecular weight is 465 g/mol. The monoisotopic (exact) mass is 465 g/mol. The average Bonchev–Trinajstić information content (AvgIpc) is 3.18. The Labute approximate surface area is 165 Å². The second kappa shape index (κ2) is 9.88. The molecule has 1 aromatic rings. The van der Waals surface area contributed by atoms with Crippen molar-refractivity contribution in [3.8, 4) is 0 Å². The van der Waals surface area contributed by atoms with Gasteiger partial charge in [-0.2, -0.15) is 0 Å². The van der Waals surface area contributed by atoms with Crippen molar-refractivity contribution in [1.29, 1.82) is 0 Å². The Bertz CT molecular complexity index is 538. The van der Waals surface area contributed by atoms with E-state index >= 15 is 0 Å². The van der Waals surface area contributed by atoms with E-state index in [2.05, 4.69) is 32.4 Å². The van der Waals surface area contributed by atoms with Crippen LogP contribution in [0, 0.1) is 6.92 Å². The number of ether oxygens (including phenoxy) is 1. The minimum absolute atomic E-state index is 0. The summed E-state index contributed by atoms with van der Waals surface area (Å²) in [6.45, 7) is 6.87. The van der Waals surface area contributed by atoms with E-state index in [1.165, 1.54) is 29.3 Å². The maximum atomic E-state index is 5.97. The van der Waals surface area contributed by atoms with Gasteiger partial charge in [0.25, 0.3) is 0 Å². The number of hydrogen-bond donors (Lipinski definition) is 2. The number of aromatic nitrogens is 1. The third kappa shape index (κ3) is 5.53. The molecule has 2 aliphatic heterocycles. The summed E-state index contributed by atoms with van der Waals surface area (Å²) in [5, 5.41) is 7.90. The standard InChI is InChI=1S/C16H27N5OS.HI/c1-12-8-19-15(23-12)5-6-18-16(17-2)20-9-14-10-21-7-3-4-13(21)11-22-14;/h8,13-14H,3-7,9-11H2,1-2H3,(H2,17,18,20);1H. The number of halogens is 1. The van der Waals surface area contributed by atoms with Gasteiger partial charge in [-0.05, 0) is 26.3 Å². The molecule has 2 saturated heterocycles. The molecule has 2 unspecified atom stereocenters. The maximum Gasteiger partial charge on any atom is 0.191 e. The summed E-state index contributed by atoms with van der Waals surface area (Å²) in [4.78, 5) is 12.5. The molecular formula is C16H28IN5OS. The second-order valence-corrected chi connectivity index (χ2v) is 7.56. The van der Waals surface area contributed by atoms with E-state index < -0.39 is 0 Å². The number of nitrogens with zero attached hydrogens (tertiary/aromatic N) is 3. The van der Waals surface area contributed by atoms with Gasteiger partial charge in [-0.25, -0.2) is 4.98 Å². The van der Waals surface area contributed by atoms with Gasteiger partial charge in [0.1, 0.15) is 0 Å². The Hall–Kier alpha value is -0.450. The Morgan fingerprint density at radius 2 is 2.38 bits per heavy atom. The highest BCUT2D eigenvalue weighted by Gasteiger charge is 2.32. The lowest BCUT2D eigenvalue weighted by Crippen LogP contribution is -2.51. The first-order chi connectivity index (χ1) is 11.2. The highest BCUT2D eigenvalue weighted by Crippen LogP contribution is 2.22. The van der Waals surface area contributed by atoms with Crippen LogP contribution in [-0.2, 0) is 11.2 Å². The van der Waals surface area contributed by atoms with Gasteiger partial charge in [-0.3, -0.25) is 9.89 Å². The van der Waals surface area contributed by atoms with Gasteiger partial charge in [-0.1, -0.05) is 0 Å². The number of aliphatic imine (C=N–C) groups is 1. The van der Waals surface area contributed by atoms with Gasteiger partial charge in [0.2, 0.25) is 0 Å². The van der Waals surface area contributed by atoms with Gasteiger partial charge >= 0.3 is 0 Å². The third-order valence-electron chi connectivity index (χ3n) is 4.48. The molecule has 3 heterocycles. The highest BCUT2D eigenvalue weighted by atomic mass is 127. The summed E-state index contributed by atoms with van der Waals surface area (Å²) in [5.74, 6) is 0.838. The van der Waals surface area contributed by atoms with Crippen LogP contribution in [-0.4, -0.2) is 67.8 Å². The van der Waals surface area contributed by atoms with E-state index in [0.29, 0.717) is 6.04 Å². The number of nitrogens with one attached hydrogen (secondary N) is 2. The van der Waals surface area contributed by atoms with Crippen LogP contribution < -0.4 is 10.6 Å². The summed E-state index contributed by atoms with van der Waals surface area (Å²) >= 11 is 1.75. The largest absolute Gasteiger partial charge is 0.373 e. The number of guanidine groups is 1. The molecular weight excluding hydrogens is 437 g/mol. The molecule has 2 atom stereocenters. The van der Waals surface area contributed by atoms with Crippen molar-refractivity contribution in [2.24, 2.45) is 4.99 Å². The molecule has 2 aliphatic rings. The first-order valence-corrected chi connectivity index (χ1v) is 9.27. The zero-order chi connectivity index (χ0) is 16.1. The molecule has 0 aliphatic carbocycles. The van der Waals surface area contributed by atoms with E-state index in [9.17, 15) is 0 Å². The van der Waals surface area contributed by atoms with E-state index in [1.807, 2.05) is 6.20 Å². The second-order valence-electron chi connectivity index (χ2n) is 6.24. The molecule has 0 spiro atoms. The number of morpholine rings is 1. The summed E-state index contributed by atoms with van der Waals surface area (Å²) < 4.78 is 5.97. The number of hydrogen-bond acceptors (Lipinski definition) is 5. The zero-order valence-corrected chi connectivity index (χ0v) is 17.6. The third-order valence-corrected chi connectivity index (χ3v) is 5.46. The predicted octanol–water partition coefficient (Wildman–Crippen LogP) is 1.64. The quantitative estimate of drug-likeness (QED) is 0.394. The molecule has 136 valence electrons. The molecule has 0 saturated carbocycles. The van der Waals surface area contributed by atoms with Crippen LogP contribution in [0.15, 0.2) is 11.2 Å². The number of fused-ring (bicyclic) bond motifs is 1. The lowest BCUT2D eigenvalue weighted by atomic mass is 10.2. The van der Waals surface area contributed by atoms with Crippen molar-refractivity contribution in [2.75, 3.05) is 39.8 Å². The van der Waals surface area contributed by atoms with Crippen LogP contribution in [0.5, 0.6) is 0 Å². The van der Waals surface area contributed by atoms with E-state index in [1.54, 1.807) is 18.4 Å². The van der Waals surface area contributed by atoms with Gasteiger partial charge in [0.15, 0.2) is 5.96 Å². The zero-order valence-electron chi connectivity index (χ0n) is 14.5. The number of thiazole rings is 1.